The molecule has 2 aromatic rings. The monoisotopic (exact) mass is 521 g/mol. The van der Waals surface area contributed by atoms with Gasteiger partial charge in [0.15, 0.2) is 29.8 Å². The van der Waals surface area contributed by atoms with Gasteiger partial charge in [0.25, 0.3) is 0 Å². The van der Waals surface area contributed by atoms with Crippen LogP contribution in [0.15, 0.2) is 30.3 Å². The van der Waals surface area contributed by atoms with Crippen LogP contribution in [-0.4, -0.2) is 77.9 Å². The minimum Gasteiger partial charge on any atom is -0.504 e. The Morgan fingerprint density at radius 1 is 1.03 bits per heavy atom. The zero-order valence-electron chi connectivity index (χ0n) is 21.4. The van der Waals surface area contributed by atoms with Crippen LogP contribution in [0, 0.1) is 5.92 Å². The molecule has 3 rings (SSSR count). The fourth-order valence-corrected chi connectivity index (χ4v) is 4.68. The first kappa shape index (κ1) is 28.8. The number of nitrogens with one attached hydrogen (secondary N) is 1. The van der Waals surface area contributed by atoms with E-state index in [9.17, 15) is 20.4 Å². The maximum Gasteiger partial charge on any atom is 0.200 e. The van der Waals surface area contributed by atoms with Gasteiger partial charge in [-0.15, -0.1) is 0 Å². The summed E-state index contributed by atoms with van der Waals surface area (Å²) in [5.41, 5.74) is 1.56. The van der Waals surface area contributed by atoms with E-state index in [4.69, 9.17) is 24.1 Å². The number of phenols is 2. The van der Waals surface area contributed by atoms with Gasteiger partial charge in [-0.05, 0) is 67.6 Å². The lowest BCUT2D eigenvalue weighted by atomic mass is 9.82. The second-order valence-corrected chi connectivity index (χ2v) is 9.04. The second kappa shape index (κ2) is 14.3. The molecule has 206 valence electrons. The summed E-state index contributed by atoms with van der Waals surface area (Å²) < 4.78 is 22.7. The summed E-state index contributed by atoms with van der Waals surface area (Å²) in [5, 5.41) is 53.3. The highest BCUT2D eigenvalue weighted by Crippen LogP contribution is 2.45. The van der Waals surface area contributed by atoms with E-state index in [0.717, 1.165) is 12.1 Å². The van der Waals surface area contributed by atoms with Crippen LogP contribution >= 0.6 is 0 Å². The first-order valence-electron chi connectivity index (χ1n) is 12.7. The highest BCUT2D eigenvalue weighted by molar-refractivity contribution is 5.53. The Bertz CT molecular complexity index is 987. The number of hydrogen-bond donors (Lipinski definition) is 6. The van der Waals surface area contributed by atoms with Crippen LogP contribution in [0.3, 0.4) is 0 Å². The summed E-state index contributed by atoms with van der Waals surface area (Å²) in [6.45, 7) is 3.11. The number of ether oxygens (including phenoxy) is 4. The molecule has 1 heterocycles. The molecule has 4 atom stereocenters. The average molecular weight is 522 g/mol. The van der Waals surface area contributed by atoms with Crippen LogP contribution in [0.25, 0.3) is 0 Å². The third-order valence-corrected chi connectivity index (χ3v) is 6.59. The summed E-state index contributed by atoms with van der Waals surface area (Å²) in [6.07, 6.45) is 0.377. The van der Waals surface area contributed by atoms with Crippen LogP contribution in [0.4, 0.5) is 0 Å². The van der Waals surface area contributed by atoms with Crippen LogP contribution in [-0.2, 0) is 11.2 Å². The molecule has 0 amide bonds. The molecule has 1 saturated heterocycles. The molecule has 0 radical (unpaired) electrons. The van der Waals surface area contributed by atoms with E-state index < -0.39 is 19.0 Å². The van der Waals surface area contributed by atoms with Crippen molar-refractivity contribution in [2.75, 3.05) is 40.2 Å². The smallest absolute Gasteiger partial charge is 0.200 e. The highest BCUT2D eigenvalue weighted by Gasteiger charge is 2.39. The molecule has 0 spiro atoms. The Kier molecular flexibility index (Phi) is 11.1. The Labute approximate surface area is 217 Å². The van der Waals surface area contributed by atoms with E-state index in [1.54, 1.807) is 24.3 Å². The van der Waals surface area contributed by atoms with Crippen molar-refractivity contribution >= 4 is 0 Å². The maximum absolute atomic E-state index is 11.0. The highest BCUT2D eigenvalue weighted by atomic mass is 16.6. The number of aromatic hydroxyl groups is 2. The van der Waals surface area contributed by atoms with Gasteiger partial charge < -0.3 is 49.8 Å². The molecule has 6 N–H and O–H groups in total. The largest absolute Gasteiger partial charge is 0.504 e. The summed E-state index contributed by atoms with van der Waals surface area (Å²) in [6, 6.07) is 8.32. The number of methoxy groups -OCH3 is 1. The van der Waals surface area contributed by atoms with Crippen LogP contribution in [0.2, 0.25) is 0 Å². The van der Waals surface area contributed by atoms with Crippen molar-refractivity contribution in [2.45, 2.75) is 50.9 Å². The van der Waals surface area contributed by atoms with E-state index >= 15 is 0 Å². The molecule has 1 aliphatic rings. The van der Waals surface area contributed by atoms with Gasteiger partial charge in [0.05, 0.1) is 25.4 Å². The van der Waals surface area contributed by atoms with Crippen molar-refractivity contribution in [1.82, 2.24) is 5.32 Å². The molecule has 1 fully saturated rings. The van der Waals surface area contributed by atoms with Crippen LogP contribution < -0.4 is 19.5 Å². The van der Waals surface area contributed by atoms with Crippen molar-refractivity contribution in [3.05, 3.63) is 41.5 Å². The molecule has 2 aromatic carbocycles. The van der Waals surface area contributed by atoms with Gasteiger partial charge in [0, 0.05) is 19.1 Å². The molecule has 10 heteroatoms. The average Bonchev–Trinajstić information content (AvgIpc) is 2.89. The van der Waals surface area contributed by atoms with Gasteiger partial charge in [0.1, 0.15) is 6.61 Å². The number of rotatable bonds is 14. The van der Waals surface area contributed by atoms with E-state index in [0.29, 0.717) is 44.4 Å². The van der Waals surface area contributed by atoms with Gasteiger partial charge >= 0.3 is 0 Å². The van der Waals surface area contributed by atoms with Crippen LogP contribution in [0.5, 0.6) is 28.7 Å². The minimum atomic E-state index is -0.707. The van der Waals surface area contributed by atoms with E-state index in [1.165, 1.54) is 13.2 Å². The fraction of sp³-hybridized carbons (Fsp3) is 0.556. The van der Waals surface area contributed by atoms with Crippen LogP contribution in [0.1, 0.15) is 43.4 Å². The lowest BCUT2D eigenvalue weighted by Crippen LogP contribution is -2.40. The third-order valence-electron chi connectivity index (χ3n) is 6.59. The molecule has 1 aliphatic heterocycles. The first-order valence-corrected chi connectivity index (χ1v) is 12.7. The fourth-order valence-electron chi connectivity index (χ4n) is 4.68. The van der Waals surface area contributed by atoms with Gasteiger partial charge in [0.2, 0.25) is 5.75 Å². The zero-order chi connectivity index (χ0) is 26.8. The second-order valence-electron chi connectivity index (χ2n) is 9.04. The number of benzene rings is 2. The number of aliphatic hydroxyl groups excluding tert-OH is 3. The topological polar surface area (TPSA) is 150 Å². The number of hydrogen-bond acceptors (Lipinski definition) is 10. The normalized spacial score (nSPS) is 21.5. The van der Waals surface area contributed by atoms with E-state index in [-0.39, 0.29) is 47.4 Å². The molecule has 10 nitrogen and oxygen atoms in total. The zero-order valence-corrected chi connectivity index (χ0v) is 21.4. The minimum absolute atomic E-state index is 0.0566. The van der Waals surface area contributed by atoms with E-state index in [1.807, 2.05) is 6.92 Å². The summed E-state index contributed by atoms with van der Waals surface area (Å²) in [4.78, 5) is 0. The number of aryl methyl sites for hydroxylation is 1. The molecular weight excluding hydrogens is 482 g/mol. The van der Waals surface area contributed by atoms with Gasteiger partial charge in [-0.25, -0.2) is 0 Å². The Morgan fingerprint density at radius 3 is 2.51 bits per heavy atom. The first-order chi connectivity index (χ1) is 17.9. The quantitative estimate of drug-likeness (QED) is 0.161. The molecule has 0 bridgehead atoms. The lowest BCUT2D eigenvalue weighted by molar-refractivity contribution is -0.144. The predicted octanol–water partition coefficient (Wildman–Crippen LogP) is 2.25. The maximum atomic E-state index is 11.0. The number of aliphatic hydroxyl groups is 3. The van der Waals surface area contributed by atoms with Gasteiger partial charge in [-0.2, -0.15) is 0 Å². The Balaban J connectivity index is 1.81. The van der Waals surface area contributed by atoms with Crippen molar-refractivity contribution in [3.63, 3.8) is 0 Å². The van der Waals surface area contributed by atoms with E-state index in [2.05, 4.69) is 5.32 Å². The summed E-state index contributed by atoms with van der Waals surface area (Å²) in [7, 11) is 1.46. The number of likely N-dealkylation sites (N-methyl/N-ethyl adjacent to an activating group) is 1. The standard InChI is InChI=1S/C27H39NO9/c1-3-28-9-11-35-25-14-18(13-24(34-2)26(25)33)27-20(8-10-29)22(32)15-19(37-27)6-4-17-5-7-21(31)23(12-17)36-16-30/h5,7,12-14,19-20,22,27-33H,3-4,6,8-11,15-16H2,1-2H3/t19-,20-,22-,27-/m0/s1. The molecular formula is C27H39NO9. The van der Waals surface area contributed by atoms with Crippen molar-refractivity contribution in [2.24, 2.45) is 5.92 Å². The predicted molar refractivity (Wildman–Crippen MR) is 136 cm³/mol. The SMILES string of the molecule is CCNCCOc1cc([C@@H]2O[C@@H](CCc3ccc(O)c(OCO)c3)C[C@H](O)[C@@H]2CCO)cc(OC)c1O. The Hall–Kier alpha value is -2.76. The number of phenolic OH excluding ortho intramolecular Hbond substituents is 2. The third kappa shape index (κ3) is 7.62. The summed E-state index contributed by atoms with van der Waals surface area (Å²) >= 11 is 0. The van der Waals surface area contributed by atoms with Crippen molar-refractivity contribution < 1.29 is 44.5 Å². The lowest BCUT2D eigenvalue weighted by Gasteiger charge is -2.40. The molecule has 0 aromatic heterocycles. The van der Waals surface area contributed by atoms with Crippen molar-refractivity contribution in [3.8, 4) is 28.7 Å². The summed E-state index contributed by atoms with van der Waals surface area (Å²) in [5.74, 6) is 0.170. The molecule has 0 saturated carbocycles. The molecule has 37 heavy (non-hydrogen) atoms. The Morgan fingerprint density at radius 2 is 1.81 bits per heavy atom. The van der Waals surface area contributed by atoms with Gasteiger partial charge in [-0.1, -0.05) is 13.0 Å². The molecule has 0 unspecified atom stereocenters. The molecule has 0 aliphatic carbocycles. The van der Waals surface area contributed by atoms with Gasteiger partial charge in [-0.3, -0.25) is 0 Å². The van der Waals surface area contributed by atoms with Crippen molar-refractivity contribution in [1.29, 1.82) is 0 Å².